The monoisotopic (exact) mass is 215 g/mol. The summed E-state index contributed by atoms with van der Waals surface area (Å²) in [5.74, 6) is 1.02. The number of nitrogens with two attached hydrogens (primary N) is 1. The first-order valence-electron chi connectivity index (χ1n) is 4.92. The number of nitrogens with zero attached hydrogens (tertiary/aromatic N) is 2. The van der Waals surface area contributed by atoms with Gasteiger partial charge in [-0.15, -0.1) is 0 Å². The number of ether oxygens (including phenoxy) is 2. The second kappa shape index (κ2) is 6.49. The lowest BCUT2D eigenvalue weighted by Gasteiger charge is -2.02. The van der Waals surface area contributed by atoms with Crippen LogP contribution in [0, 0.1) is 0 Å². The molecular formula is C9H17N3O3. The average Bonchev–Trinajstić information content (AvgIpc) is 2.67. The Bertz CT molecular complexity index is 277. The SMILES string of the molecule is CCOCCc1noc(C(N)COC)n1. The molecule has 6 heteroatoms. The second-order valence-corrected chi connectivity index (χ2v) is 3.06. The largest absolute Gasteiger partial charge is 0.383 e. The van der Waals surface area contributed by atoms with Crippen molar-refractivity contribution in [1.82, 2.24) is 10.1 Å². The highest BCUT2D eigenvalue weighted by Crippen LogP contribution is 2.07. The molecular weight excluding hydrogens is 198 g/mol. The highest BCUT2D eigenvalue weighted by molar-refractivity contribution is 4.91. The Hall–Kier alpha value is -0.980. The predicted molar refractivity (Wildman–Crippen MR) is 53.3 cm³/mol. The van der Waals surface area contributed by atoms with Gasteiger partial charge < -0.3 is 19.7 Å². The molecule has 15 heavy (non-hydrogen) atoms. The highest BCUT2D eigenvalue weighted by atomic mass is 16.5. The third kappa shape index (κ3) is 3.94. The van der Waals surface area contributed by atoms with Crippen molar-refractivity contribution in [2.24, 2.45) is 5.73 Å². The van der Waals surface area contributed by atoms with Crippen LogP contribution in [-0.4, -0.2) is 37.1 Å². The Labute approximate surface area is 88.7 Å². The van der Waals surface area contributed by atoms with Gasteiger partial charge in [-0.1, -0.05) is 5.16 Å². The van der Waals surface area contributed by atoms with Gasteiger partial charge in [0.25, 0.3) is 0 Å². The zero-order valence-corrected chi connectivity index (χ0v) is 9.10. The summed E-state index contributed by atoms with van der Waals surface area (Å²) in [6.45, 7) is 3.59. The lowest BCUT2D eigenvalue weighted by atomic mass is 10.3. The van der Waals surface area contributed by atoms with E-state index in [1.54, 1.807) is 7.11 Å². The van der Waals surface area contributed by atoms with Crippen LogP contribution in [0.5, 0.6) is 0 Å². The fourth-order valence-electron chi connectivity index (χ4n) is 1.08. The maximum atomic E-state index is 5.72. The van der Waals surface area contributed by atoms with E-state index in [0.717, 1.165) is 0 Å². The van der Waals surface area contributed by atoms with Gasteiger partial charge in [-0.25, -0.2) is 0 Å². The Balaban J connectivity index is 2.41. The molecule has 2 N–H and O–H groups in total. The molecule has 0 saturated carbocycles. The van der Waals surface area contributed by atoms with Crippen molar-refractivity contribution in [3.63, 3.8) is 0 Å². The third-order valence-electron chi connectivity index (χ3n) is 1.82. The minimum atomic E-state index is -0.358. The summed E-state index contributed by atoms with van der Waals surface area (Å²) in [7, 11) is 1.58. The first kappa shape index (κ1) is 12.1. The zero-order chi connectivity index (χ0) is 11.1. The van der Waals surface area contributed by atoms with Crippen LogP contribution in [-0.2, 0) is 15.9 Å². The van der Waals surface area contributed by atoms with Gasteiger partial charge in [0.15, 0.2) is 5.82 Å². The maximum absolute atomic E-state index is 5.72. The van der Waals surface area contributed by atoms with E-state index in [1.165, 1.54) is 0 Å². The molecule has 0 saturated heterocycles. The number of methoxy groups -OCH3 is 1. The topological polar surface area (TPSA) is 83.4 Å². The van der Waals surface area contributed by atoms with E-state index in [2.05, 4.69) is 10.1 Å². The molecule has 1 unspecified atom stereocenters. The zero-order valence-electron chi connectivity index (χ0n) is 9.10. The molecule has 1 heterocycles. The van der Waals surface area contributed by atoms with Crippen molar-refractivity contribution in [2.75, 3.05) is 26.9 Å². The van der Waals surface area contributed by atoms with Crippen molar-refractivity contribution in [3.8, 4) is 0 Å². The van der Waals surface area contributed by atoms with Crippen LogP contribution in [0.25, 0.3) is 0 Å². The van der Waals surface area contributed by atoms with Gasteiger partial charge in [-0.2, -0.15) is 4.98 Å². The first-order chi connectivity index (χ1) is 7.27. The Kier molecular flexibility index (Phi) is 5.23. The molecule has 0 aliphatic rings. The third-order valence-corrected chi connectivity index (χ3v) is 1.82. The van der Waals surface area contributed by atoms with Gasteiger partial charge in [-0.05, 0) is 6.92 Å². The molecule has 0 aliphatic heterocycles. The molecule has 0 amide bonds. The van der Waals surface area contributed by atoms with Crippen LogP contribution in [0.3, 0.4) is 0 Å². The average molecular weight is 215 g/mol. The van der Waals surface area contributed by atoms with E-state index in [0.29, 0.717) is 38.0 Å². The molecule has 0 aromatic carbocycles. The summed E-state index contributed by atoms with van der Waals surface area (Å²) in [6.07, 6.45) is 0.636. The number of rotatable bonds is 7. The molecule has 0 spiro atoms. The van der Waals surface area contributed by atoms with Gasteiger partial charge >= 0.3 is 0 Å². The molecule has 0 aliphatic carbocycles. The molecule has 1 aromatic rings. The van der Waals surface area contributed by atoms with Crippen molar-refractivity contribution < 1.29 is 14.0 Å². The molecule has 0 fully saturated rings. The fourth-order valence-corrected chi connectivity index (χ4v) is 1.08. The Morgan fingerprint density at radius 2 is 2.33 bits per heavy atom. The predicted octanol–water partition coefficient (Wildman–Crippen LogP) is 0.295. The molecule has 0 radical (unpaired) electrons. The minimum absolute atomic E-state index is 0.358. The summed E-state index contributed by atoms with van der Waals surface area (Å²) in [4.78, 5) is 4.14. The van der Waals surface area contributed by atoms with Crippen LogP contribution < -0.4 is 5.73 Å². The van der Waals surface area contributed by atoms with Crippen LogP contribution in [0.1, 0.15) is 24.7 Å². The number of aromatic nitrogens is 2. The minimum Gasteiger partial charge on any atom is -0.383 e. The summed E-state index contributed by atoms with van der Waals surface area (Å²) in [5, 5.41) is 3.79. The van der Waals surface area contributed by atoms with Gasteiger partial charge in [0.2, 0.25) is 5.89 Å². The van der Waals surface area contributed by atoms with Crippen LogP contribution in [0.15, 0.2) is 4.52 Å². The Morgan fingerprint density at radius 1 is 1.53 bits per heavy atom. The summed E-state index contributed by atoms with van der Waals surface area (Å²) >= 11 is 0. The van der Waals surface area contributed by atoms with Crippen LogP contribution >= 0.6 is 0 Å². The summed E-state index contributed by atoms with van der Waals surface area (Å²) in [6, 6.07) is -0.358. The molecule has 1 rings (SSSR count). The van der Waals surface area contributed by atoms with E-state index in [4.69, 9.17) is 19.7 Å². The van der Waals surface area contributed by atoms with Crippen LogP contribution in [0.4, 0.5) is 0 Å². The lowest BCUT2D eigenvalue weighted by Crippen LogP contribution is -2.16. The fraction of sp³-hybridized carbons (Fsp3) is 0.778. The summed E-state index contributed by atoms with van der Waals surface area (Å²) < 4.78 is 15.1. The molecule has 86 valence electrons. The normalized spacial score (nSPS) is 13.0. The van der Waals surface area contributed by atoms with Crippen LogP contribution in [0.2, 0.25) is 0 Å². The maximum Gasteiger partial charge on any atom is 0.245 e. The van der Waals surface area contributed by atoms with E-state index in [-0.39, 0.29) is 6.04 Å². The first-order valence-corrected chi connectivity index (χ1v) is 4.92. The van der Waals surface area contributed by atoms with Gasteiger partial charge in [0.1, 0.15) is 6.04 Å². The molecule has 1 atom stereocenters. The van der Waals surface area contributed by atoms with Crippen molar-refractivity contribution in [3.05, 3.63) is 11.7 Å². The smallest absolute Gasteiger partial charge is 0.245 e. The standard InChI is InChI=1S/C9H17N3O3/c1-3-14-5-4-8-11-9(15-12-8)7(10)6-13-2/h7H,3-6,10H2,1-2H3. The summed E-state index contributed by atoms with van der Waals surface area (Å²) in [5.41, 5.74) is 5.72. The molecule has 1 aromatic heterocycles. The molecule has 6 nitrogen and oxygen atoms in total. The van der Waals surface area contributed by atoms with E-state index >= 15 is 0 Å². The van der Waals surface area contributed by atoms with Gasteiger partial charge in [0, 0.05) is 20.1 Å². The highest BCUT2D eigenvalue weighted by Gasteiger charge is 2.14. The Morgan fingerprint density at radius 3 is 3.00 bits per heavy atom. The van der Waals surface area contributed by atoms with Gasteiger partial charge in [-0.3, -0.25) is 0 Å². The van der Waals surface area contributed by atoms with Crippen molar-refractivity contribution in [2.45, 2.75) is 19.4 Å². The van der Waals surface area contributed by atoms with Gasteiger partial charge in [0.05, 0.1) is 13.2 Å². The van der Waals surface area contributed by atoms with Crippen molar-refractivity contribution >= 4 is 0 Å². The number of hydrogen-bond acceptors (Lipinski definition) is 6. The second-order valence-electron chi connectivity index (χ2n) is 3.06. The number of hydrogen-bond donors (Lipinski definition) is 1. The lowest BCUT2D eigenvalue weighted by molar-refractivity contribution is 0.149. The van der Waals surface area contributed by atoms with E-state index in [9.17, 15) is 0 Å². The van der Waals surface area contributed by atoms with Crippen molar-refractivity contribution in [1.29, 1.82) is 0 Å². The quantitative estimate of drug-likeness (QED) is 0.658. The van der Waals surface area contributed by atoms with E-state index in [1.807, 2.05) is 6.92 Å². The van der Waals surface area contributed by atoms with E-state index < -0.39 is 0 Å². The molecule has 0 bridgehead atoms.